The molecule has 0 aromatic heterocycles. The molecule has 1 heterocycles. The van der Waals surface area contributed by atoms with E-state index in [2.05, 4.69) is 5.10 Å². The monoisotopic (exact) mass is 354 g/mol. The Kier molecular flexibility index (Phi) is 4.40. The van der Waals surface area contributed by atoms with E-state index in [1.54, 1.807) is 12.1 Å². The van der Waals surface area contributed by atoms with E-state index < -0.39 is 17.8 Å². The maximum absolute atomic E-state index is 12.3. The molecule has 3 rings (SSSR count). The van der Waals surface area contributed by atoms with Crippen LogP contribution in [-0.2, 0) is 0 Å². The second-order valence-electron chi connectivity index (χ2n) is 5.28. The van der Waals surface area contributed by atoms with Gasteiger partial charge in [-0.2, -0.15) is 10.1 Å². The number of hydrazone groups is 1. The van der Waals surface area contributed by atoms with Crippen molar-refractivity contribution in [3.63, 3.8) is 0 Å². The number of fused-ring (bicyclic) bond motifs is 1. The van der Waals surface area contributed by atoms with Crippen molar-refractivity contribution >= 4 is 24.0 Å². The van der Waals surface area contributed by atoms with Gasteiger partial charge in [-0.3, -0.25) is 9.59 Å². The molecule has 0 aliphatic carbocycles. The lowest BCUT2D eigenvalue weighted by Crippen LogP contribution is -2.24. The molecule has 8 nitrogen and oxygen atoms in total. The Morgan fingerprint density at radius 3 is 2.15 bits per heavy atom. The molecule has 1 aliphatic rings. The number of rotatable bonds is 5. The van der Waals surface area contributed by atoms with Crippen LogP contribution >= 0.6 is 0 Å². The number of aromatic carboxylic acids is 1. The zero-order valence-corrected chi connectivity index (χ0v) is 13.9. The average molecular weight is 354 g/mol. The van der Waals surface area contributed by atoms with Gasteiger partial charge >= 0.3 is 5.97 Å². The van der Waals surface area contributed by atoms with Gasteiger partial charge in [-0.25, -0.2) is 4.79 Å². The van der Waals surface area contributed by atoms with Gasteiger partial charge in [0.25, 0.3) is 11.8 Å². The predicted octanol–water partition coefficient (Wildman–Crippen LogP) is 2.03. The number of ether oxygens (including phenoxy) is 2. The number of carbonyl (C=O) groups is 3. The van der Waals surface area contributed by atoms with Crippen molar-refractivity contribution in [1.29, 1.82) is 0 Å². The highest BCUT2D eigenvalue weighted by molar-refractivity contribution is 6.21. The van der Waals surface area contributed by atoms with Crippen molar-refractivity contribution in [1.82, 2.24) is 5.01 Å². The molecule has 8 heteroatoms. The summed E-state index contributed by atoms with van der Waals surface area (Å²) in [5, 5.41) is 14.1. The zero-order valence-electron chi connectivity index (χ0n) is 13.9. The molecule has 0 spiro atoms. The highest BCUT2D eigenvalue weighted by Crippen LogP contribution is 2.33. The first-order valence-corrected chi connectivity index (χ1v) is 7.49. The van der Waals surface area contributed by atoms with Gasteiger partial charge in [-0.05, 0) is 24.3 Å². The Balaban J connectivity index is 2.01. The topological polar surface area (TPSA) is 106 Å². The van der Waals surface area contributed by atoms with E-state index in [0.29, 0.717) is 5.01 Å². The van der Waals surface area contributed by atoms with Gasteiger partial charge in [0.15, 0.2) is 11.5 Å². The molecule has 0 saturated carbocycles. The first kappa shape index (κ1) is 17.2. The molecule has 2 aromatic rings. The molecular formula is C18H14N2O6. The fourth-order valence-electron chi connectivity index (χ4n) is 2.67. The van der Waals surface area contributed by atoms with Crippen molar-refractivity contribution in [3.8, 4) is 11.5 Å². The van der Waals surface area contributed by atoms with Crippen LogP contribution in [0.15, 0.2) is 41.5 Å². The number of imide groups is 1. The number of carboxylic acid groups (broad SMARTS) is 1. The van der Waals surface area contributed by atoms with Gasteiger partial charge in [0.05, 0.1) is 31.6 Å². The van der Waals surface area contributed by atoms with Gasteiger partial charge in [0, 0.05) is 5.56 Å². The van der Waals surface area contributed by atoms with E-state index in [4.69, 9.17) is 9.47 Å². The van der Waals surface area contributed by atoms with Gasteiger partial charge in [0.1, 0.15) is 5.56 Å². The number of hydrogen-bond acceptors (Lipinski definition) is 6. The SMILES string of the molecule is COc1ccc(/C=N\N2C(=O)c3ccccc3C2=O)c(C(=O)O)c1OC. The summed E-state index contributed by atoms with van der Waals surface area (Å²) in [5.74, 6) is -2.14. The summed E-state index contributed by atoms with van der Waals surface area (Å²) in [6.07, 6.45) is 1.13. The van der Waals surface area contributed by atoms with Crippen molar-refractivity contribution in [2.45, 2.75) is 0 Å². The third-order valence-corrected chi connectivity index (χ3v) is 3.88. The van der Waals surface area contributed by atoms with Gasteiger partial charge in [-0.15, -0.1) is 0 Å². The molecule has 0 fully saturated rings. The van der Waals surface area contributed by atoms with E-state index in [9.17, 15) is 19.5 Å². The summed E-state index contributed by atoms with van der Waals surface area (Å²) in [6.45, 7) is 0. The van der Waals surface area contributed by atoms with Crippen molar-refractivity contribution < 1.29 is 29.0 Å². The summed E-state index contributed by atoms with van der Waals surface area (Å²) >= 11 is 0. The maximum Gasteiger partial charge on any atom is 0.340 e. The van der Waals surface area contributed by atoms with Gasteiger partial charge < -0.3 is 14.6 Å². The minimum absolute atomic E-state index is 0.0197. The quantitative estimate of drug-likeness (QED) is 0.651. The van der Waals surface area contributed by atoms with Crippen LogP contribution in [0.5, 0.6) is 11.5 Å². The second-order valence-corrected chi connectivity index (χ2v) is 5.28. The molecule has 132 valence electrons. The first-order valence-electron chi connectivity index (χ1n) is 7.49. The lowest BCUT2D eigenvalue weighted by Gasteiger charge is -2.12. The summed E-state index contributed by atoms with van der Waals surface area (Å²) in [7, 11) is 2.70. The van der Waals surface area contributed by atoms with Crippen molar-refractivity contribution in [3.05, 3.63) is 58.7 Å². The summed E-state index contributed by atoms with van der Waals surface area (Å²) in [6, 6.07) is 9.32. The Labute approximate surface area is 148 Å². The molecule has 0 unspecified atom stereocenters. The molecule has 0 bridgehead atoms. The number of methoxy groups -OCH3 is 2. The third kappa shape index (κ3) is 2.67. The van der Waals surface area contributed by atoms with Crippen LogP contribution in [0.1, 0.15) is 36.6 Å². The molecule has 0 saturated heterocycles. The zero-order chi connectivity index (χ0) is 18.8. The van der Waals surface area contributed by atoms with Crippen LogP contribution < -0.4 is 9.47 Å². The van der Waals surface area contributed by atoms with Crippen molar-refractivity contribution in [2.24, 2.45) is 5.10 Å². The highest BCUT2D eigenvalue weighted by Gasteiger charge is 2.35. The van der Waals surface area contributed by atoms with E-state index >= 15 is 0 Å². The van der Waals surface area contributed by atoms with Crippen LogP contribution in [0.3, 0.4) is 0 Å². The van der Waals surface area contributed by atoms with Crippen LogP contribution in [0.4, 0.5) is 0 Å². The molecular weight excluding hydrogens is 340 g/mol. The van der Waals surface area contributed by atoms with E-state index in [1.165, 1.54) is 38.5 Å². The van der Waals surface area contributed by atoms with Crippen LogP contribution in [-0.4, -0.2) is 48.3 Å². The number of nitrogens with zero attached hydrogens (tertiary/aromatic N) is 2. The van der Waals surface area contributed by atoms with Crippen LogP contribution in [0.2, 0.25) is 0 Å². The number of hydrogen-bond donors (Lipinski definition) is 1. The Hall–Kier alpha value is -3.68. The lowest BCUT2D eigenvalue weighted by atomic mass is 10.1. The maximum atomic E-state index is 12.3. The molecule has 1 aliphatic heterocycles. The van der Waals surface area contributed by atoms with E-state index in [1.807, 2.05) is 0 Å². The van der Waals surface area contributed by atoms with Gasteiger partial charge in [0.2, 0.25) is 0 Å². The first-order chi connectivity index (χ1) is 12.5. The van der Waals surface area contributed by atoms with Gasteiger partial charge in [-0.1, -0.05) is 12.1 Å². The molecule has 26 heavy (non-hydrogen) atoms. The Morgan fingerprint density at radius 1 is 1.04 bits per heavy atom. The standard InChI is InChI=1S/C18H14N2O6/c1-25-13-8-7-10(14(18(23)24)15(13)26-2)9-19-20-16(21)11-5-3-4-6-12(11)17(20)22/h3-9H,1-2H3,(H,23,24)/b19-9-. The normalized spacial score (nSPS) is 13.2. The molecule has 0 atom stereocenters. The number of benzene rings is 2. The Bertz CT molecular complexity index is 916. The molecule has 2 amide bonds. The highest BCUT2D eigenvalue weighted by atomic mass is 16.5. The lowest BCUT2D eigenvalue weighted by molar-refractivity contribution is 0.0657. The van der Waals surface area contributed by atoms with Crippen LogP contribution in [0.25, 0.3) is 0 Å². The van der Waals surface area contributed by atoms with E-state index in [-0.39, 0.29) is 33.8 Å². The number of amides is 2. The predicted molar refractivity (Wildman–Crippen MR) is 91.0 cm³/mol. The van der Waals surface area contributed by atoms with E-state index in [0.717, 1.165) is 6.21 Å². The third-order valence-electron chi connectivity index (χ3n) is 3.88. The minimum Gasteiger partial charge on any atom is -0.493 e. The van der Waals surface area contributed by atoms with Crippen molar-refractivity contribution in [2.75, 3.05) is 14.2 Å². The number of carboxylic acids is 1. The summed E-state index contributed by atoms with van der Waals surface area (Å²) < 4.78 is 10.2. The number of carbonyl (C=O) groups excluding carboxylic acids is 2. The molecule has 2 aromatic carbocycles. The average Bonchev–Trinajstić information content (AvgIpc) is 2.89. The second kappa shape index (κ2) is 6.67. The molecule has 0 radical (unpaired) electrons. The molecule has 1 N–H and O–H groups in total. The Morgan fingerprint density at radius 2 is 1.65 bits per heavy atom. The van der Waals surface area contributed by atoms with Crippen LogP contribution in [0, 0.1) is 0 Å². The summed E-state index contributed by atoms with van der Waals surface area (Å²) in [5.41, 5.74) is 0.472. The smallest absolute Gasteiger partial charge is 0.340 e. The summed E-state index contributed by atoms with van der Waals surface area (Å²) in [4.78, 5) is 36.2. The fraction of sp³-hybridized carbons (Fsp3) is 0.111. The minimum atomic E-state index is -1.26. The fourth-order valence-corrected chi connectivity index (χ4v) is 2.67. The largest absolute Gasteiger partial charge is 0.493 e.